The van der Waals surface area contributed by atoms with Gasteiger partial charge in [0.1, 0.15) is 5.58 Å². The third-order valence-electron chi connectivity index (χ3n) is 10.2. The average Bonchev–Trinajstić information content (AvgIpc) is 3.74. The summed E-state index contributed by atoms with van der Waals surface area (Å²) >= 11 is 0. The molecule has 50 heavy (non-hydrogen) atoms. The molecule has 11 aromatic rings. The highest BCUT2D eigenvalue weighted by Gasteiger charge is 2.24. The summed E-state index contributed by atoms with van der Waals surface area (Å²) in [7, 11) is 0. The number of pyridine rings is 2. The maximum atomic E-state index is 6.46. The van der Waals surface area contributed by atoms with Crippen molar-refractivity contribution in [3.63, 3.8) is 0 Å². The van der Waals surface area contributed by atoms with E-state index in [0.717, 1.165) is 66.5 Å². The molecule has 0 saturated heterocycles. The summed E-state index contributed by atoms with van der Waals surface area (Å²) in [6.45, 7) is 0. The molecule has 0 N–H and O–H groups in total. The zero-order valence-corrected chi connectivity index (χ0v) is 26.8. The summed E-state index contributed by atoms with van der Waals surface area (Å²) in [4.78, 5) is 10.6. The van der Waals surface area contributed by atoms with E-state index in [2.05, 4.69) is 156 Å². The predicted octanol–water partition coefficient (Wildman–Crippen LogP) is 12.3. The third-order valence-corrected chi connectivity index (χ3v) is 10.2. The van der Waals surface area contributed by atoms with Crippen LogP contribution in [0.15, 0.2) is 168 Å². The van der Waals surface area contributed by atoms with Crippen molar-refractivity contribution in [2.45, 2.75) is 0 Å². The molecule has 0 aliphatic rings. The number of hydrogen-bond donors (Lipinski definition) is 0. The smallest absolute Gasteiger partial charge is 0.228 e. The van der Waals surface area contributed by atoms with Crippen LogP contribution in [0.25, 0.3) is 105 Å². The van der Waals surface area contributed by atoms with Crippen LogP contribution in [0.5, 0.6) is 0 Å². The molecule has 4 heteroatoms. The molecule has 232 valence electrons. The van der Waals surface area contributed by atoms with Gasteiger partial charge in [0.2, 0.25) is 5.71 Å². The molecule has 0 saturated carbocycles. The fourth-order valence-corrected chi connectivity index (χ4v) is 7.99. The van der Waals surface area contributed by atoms with Gasteiger partial charge in [-0.15, -0.1) is 0 Å². The first-order valence-electron chi connectivity index (χ1n) is 16.9. The first-order valence-corrected chi connectivity index (χ1v) is 16.9. The van der Waals surface area contributed by atoms with Crippen LogP contribution in [-0.2, 0) is 0 Å². The van der Waals surface area contributed by atoms with E-state index in [1.54, 1.807) is 0 Å². The van der Waals surface area contributed by atoms with E-state index in [-0.39, 0.29) is 0 Å². The van der Waals surface area contributed by atoms with E-state index in [1.165, 1.54) is 32.3 Å². The van der Waals surface area contributed by atoms with Gasteiger partial charge in [-0.2, -0.15) is 0 Å². The summed E-state index contributed by atoms with van der Waals surface area (Å²) in [5, 5.41) is 10.5. The Morgan fingerprint density at radius 2 is 1.00 bits per heavy atom. The van der Waals surface area contributed by atoms with Crippen molar-refractivity contribution in [3.05, 3.63) is 164 Å². The molecule has 0 amide bonds. The van der Waals surface area contributed by atoms with Crippen molar-refractivity contribution in [2.75, 3.05) is 0 Å². The van der Waals surface area contributed by atoms with Gasteiger partial charge < -0.3 is 8.98 Å². The molecule has 0 aliphatic carbocycles. The largest absolute Gasteiger partial charge is 0.438 e. The van der Waals surface area contributed by atoms with Crippen LogP contribution >= 0.6 is 0 Å². The van der Waals surface area contributed by atoms with Gasteiger partial charge in [-0.1, -0.05) is 127 Å². The van der Waals surface area contributed by atoms with E-state index in [9.17, 15) is 0 Å². The van der Waals surface area contributed by atoms with Crippen LogP contribution in [0.1, 0.15) is 0 Å². The Morgan fingerprint density at radius 3 is 1.76 bits per heavy atom. The molecular formula is C46H27N3O. The molecule has 7 aromatic carbocycles. The van der Waals surface area contributed by atoms with Crippen LogP contribution in [0.2, 0.25) is 0 Å². The summed E-state index contributed by atoms with van der Waals surface area (Å²) in [5.41, 5.74) is 9.66. The average molecular weight is 638 g/mol. The highest BCUT2D eigenvalue weighted by atomic mass is 16.3. The molecule has 11 rings (SSSR count). The molecule has 0 radical (unpaired) electrons. The fraction of sp³-hybridized carbons (Fsp3) is 0. The second kappa shape index (κ2) is 10.4. The van der Waals surface area contributed by atoms with Crippen molar-refractivity contribution in [1.29, 1.82) is 0 Å². The zero-order valence-electron chi connectivity index (χ0n) is 26.8. The van der Waals surface area contributed by atoms with Gasteiger partial charge in [-0.3, -0.25) is 0 Å². The molecule has 4 aromatic heterocycles. The Balaban J connectivity index is 1.16. The number of hydrogen-bond acceptors (Lipinski definition) is 3. The van der Waals surface area contributed by atoms with E-state index >= 15 is 0 Å². The molecule has 0 unspecified atom stereocenters. The summed E-state index contributed by atoms with van der Waals surface area (Å²) in [5.74, 6) is 0. The Labute approximate surface area is 286 Å². The van der Waals surface area contributed by atoms with E-state index in [0.29, 0.717) is 5.71 Å². The maximum Gasteiger partial charge on any atom is 0.228 e. The second-order valence-electron chi connectivity index (χ2n) is 12.9. The molecule has 0 aliphatic heterocycles. The first-order chi connectivity index (χ1) is 24.8. The number of aromatic nitrogens is 3. The minimum atomic E-state index is 0.643. The first kappa shape index (κ1) is 27.2. The Kier molecular flexibility index (Phi) is 5.63. The van der Waals surface area contributed by atoms with Gasteiger partial charge in [0.25, 0.3) is 0 Å². The highest BCUT2D eigenvalue weighted by Crippen LogP contribution is 2.44. The molecule has 4 nitrogen and oxygen atoms in total. The lowest BCUT2D eigenvalue weighted by atomic mass is 9.96. The zero-order chi connectivity index (χ0) is 32.8. The van der Waals surface area contributed by atoms with Crippen LogP contribution in [0.3, 0.4) is 0 Å². The van der Waals surface area contributed by atoms with Crippen LogP contribution in [0, 0.1) is 0 Å². The lowest BCUT2D eigenvalue weighted by molar-refractivity contribution is 0.655. The van der Waals surface area contributed by atoms with Crippen molar-refractivity contribution in [3.8, 4) is 28.2 Å². The van der Waals surface area contributed by atoms with Gasteiger partial charge >= 0.3 is 0 Å². The minimum Gasteiger partial charge on any atom is -0.438 e. The Morgan fingerprint density at radius 1 is 0.420 bits per heavy atom. The molecular weight excluding hydrogens is 611 g/mol. The highest BCUT2D eigenvalue weighted by molar-refractivity contribution is 6.29. The van der Waals surface area contributed by atoms with Crippen LogP contribution in [0.4, 0.5) is 0 Å². The topological polar surface area (TPSA) is 43.9 Å². The van der Waals surface area contributed by atoms with Gasteiger partial charge in [-0.05, 0) is 52.6 Å². The number of furan rings is 1. The second-order valence-corrected chi connectivity index (χ2v) is 12.9. The van der Waals surface area contributed by atoms with Gasteiger partial charge in [0.05, 0.1) is 33.3 Å². The van der Waals surface area contributed by atoms with Crippen LogP contribution < -0.4 is 0 Å². The number of rotatable bonds is 3. The van der Waals surface area contributed by atoms with Crippen molar-refractivity contribution in [1.82, 2.24) is 14.5 Å². The number of nitrogens with zero attached hydrogens (tertiary/aromatic N) is 3. The summed E-state index contributed by atoms with van der Waals surface area (Å²) < 4.78 is 8.81. The van der Waals surface area contributed by atoms with E-state index < -0.39 is 0 Å². The number of benzene rings is 7. The normalized spacial score (nSPS) is 12.0. The number of para-hydroxylation sites is 3. The standard InChI is InChI=1S/C46H27N3O/c1-2-12-30(13-3-1)49-39-20-10-8-18-36(39)41-42-37-19-9-11-21-40(37)50-46(42)48-43(45(41)49)29-24-22-28(23-25-29)38-27-26-35-33-16-5-4-14-31(33)32-15-6-7-17-34(32)44(35)47-38/h1-27H. The SMILES string of the molecule is c1ccc(-n2c3ccccc3c3c4c(nc(-c5ccc(-c6ccc7c8ccccc8c8ccccc8c7n6)cc5)c32)oc2ccccc24)cc1. The summed E-state index contributed by atoms with van der Waals surface area (Å²) in [6.07, 6.45) is 0. The maximum absolute atomic E-state index is 6.46. The molecule has 0 atom stereocenters. The predicted molar refractivity (Wildman–Crippen MR) is 207 cm³/mol. The van der Waals surface area contributed by atoms with Crippen molar-refractivity contribution < 1.29 is 4.42 Å². The lowest BCUT2D eigenvalue weighted by Crippen LogP contribution is -1.97. The van der Waals surface area contributed by atoms with Gasteiger partial charge in [-0.25, -0.2) is 9.97 Å². The lowest BCUT2D eigenvalue weighted by Gasteiger charge is -2.12. The fourth-order valence-electron chi connectivity index (χ4n) is 7.99. The Hall–Kier alpha value is -6.78. The van der Waals surface area contributed by atoms with Gasteiger partial charge in [0, 0.05) is 43.7 Å². The van der Waals surface area contributed by atoms with Crippen molar-refractivity contribution in [2.24, 2.45) is 0 Å². The van der Waals surface area contributed by atoms with E-state index in [1.807, 2.05) is 12.1 Å². The summed E-state index contributed by atoms with van der Waals surface area (Å²) in [6, 6.07) is 57.7. The molecule has 0 fully saturated rings. The molecule has 0 spiro atoms. The monoisotopic (exact) mass is 637 g/mol. The van der Waals surface area contributed by atoms with Crippen LogP contribution in [-0.4, -0.2) is 14.5 Å². The Bertz CT molecular complexity index is 3100. The van der Waals surface area contributed by atoms with Gasteiger partial charge in [0.15, 0.2) is 0 Å². The van der Waals surface area contributed by atoms with Crippen molar-refractivity contribution >= 4 is 76.3 Å². The minimum absolute atomic E-state index is 0.643. The molecule has 4 heterocycles. The van der Waals surface area contributed by atoms with E-state index in [4.69, 9.17) is 14.4 Å². The number of fused-ring (bicyclic) bond motifs is 13. The molecule has 0 bridgehead atoms. The quantitative estimate of drug-likeness (QED) is 0.181. The third kappa shape index (κ3) is 3.81.